The SMILES string of the molecule is CCCOc1ccc(N=Nc2ccc(C(CCC)Sc3nnco3)cc2)cc1. The van der Waals surface area contributed by atoms with E-state index in [1.54, 1.807) is 11.8 Å². The van der Waals surface area contributed by atoms with Crippen molar-refractivity contribution >= 4 is 23.1 Å². The van der Waals surface area contributed by atoms with E-state index < -0.39 is 0 Å². The highest BCUT2D eigenvalue weighted by Crippen LogP contribution is 2.38. The van der Waals surface area contributed by atoms with Crippen LogP contribution >= 0.6 is 11.8 Å². The Kier molecular flexibility index (Phi) is 7.61. The lowest BCUT2D eigenvalue weighted by atomic mass is 10.1. The topological polar surface area (TPSA) is 72.9 Å². The molecule has 0 fully saturated rings. The lowest BCUT2D eigenvalue weighted by Gasteiger charge is -2.13. The van der Waals surface area contributed by atoms with Crippen LogP contribution in [-0.4, -0.2) is 16.8 Å². The fourth-order valence-corrected chi connectivity index (χ4v) is 3.67. The summed E-state index contributed by atoms with van der Waals surface area (Å²) in [4.78, 5) is 0. The van der Waals surface area contributed by atoms with Gasteiger partial charge in [-0.25, -0.2) is 0 Å². The van der Waals surface area contributed by atoms with Gasteiger partial charge in [0, 0.05) is 5.25 Å². The molecule has 0 radical (unpaired) electrons. The van der Waals surface area contributed by atoms with Crippen LogP contribution in [0, 0.1) is 0 Å². The molecule has 0 aliphatic carbocycles. The summed E-state index contributed by atoms with van der Waals surface area (Å²) in [6, 6.07) is 15.8. The smallest absolute Gasteiger partial charge is 0.276 e. The number of hydrogen-bond donors (Lipinski definition) is 0. The van der Waals surface area contributed by atoms with Gasteiger partial charge in [0.15, 0.2) is 0 Å². The van der Waals surface area contributed by atoms with Gasteiger partial charge in [0.25, 0.3) is 5.22 Å². The molecule has 6 nitrogen and oxygen atoms in total. The maximum absolute atomic E-state index is 5.58. The van der Waals surface area contributed by atoms with Gasteiger partial charge in [-0.2, -0.15) is 10.2 Å². The van der Waals surface area contributed by atoms with E-state index in [1.807, 2.05) is 36.4 Å². The van der Waals surface area contributed by atoms with Gasteiger partial charge in [-0.05, 0) is 54.8 Å². The number of aromatic nitrogens is 2. The van der Waals surface area contributed by atoms with Crippen LogP contribution in [0.15, 0.2) is 74.8 Å². The van der Waals surface area contributed by atoms with E-state index in [2.05, 4.69) is 46.4 Å². The first kappa shape index (κ1) is 20.1. The number of nitrogens with zero attached hydrogens (tertiary/aromatic N) is 4. The first-order chi connectivity index (χ1) is 13.8. The van der Waals surface area contributed by atoms with Crippen LogP contribution in [0.3, 0.4) is 0 Å². The molecule has 0 aliphatic rings. The monoisotopic (exact) mass is 396 g/mol. The number of thioether (sulfide) groups is 1. The van der Waals surface area contributed by atoms with Crippen LogP contribution < -0.4 is 4.74 Å². The lowest BCUT2D eigenvalue weighted by molar-refractivity contribution is 0.317. The van der Waals surface area contributed by atoms with Gasteiger partial charge in [0.1, 0.15) is 5.75 Å². The quantitative estimate of drug-likeness (QED) is 0.275. The molecular weight excluding hydrogens is 372 g/mol. The molecule has 0 spiro atoms. The Morgan fingerprint density at radius 3 is 2.21 bits per heavy atom. The molecule has 1 unspecified atom stereocenters. The maximum atomic E-state index is 5.58. The minimum atomic E-state index is 0.270. The zero-order valence-electron chi connectivity index (χ0n) is 16.1. The molecule has 0 bridgehead atoms. The standard InChI is InChI=1S/C21H24N4O2S/c1-3-5-20(28-21-25-22-15-27-21)16-6-8-17(9-7-16)23-24-18-10-12-19(13-11-18)26-14-4-2/h6-13,15,20H,3-5,14H2,1-2H3. The normalized spacial score (nSPS) is 12.4. The predicted octanol–water partition coefficient (Wildman–Crippen LogP) is 6.91. The number of azo groups is 1. The van der Waals surface area contributed by atoms with Crippen molar-refractivity contribution in [1.29, 1.82) is 0 Å². The molecule has 1 atom stereocenters. The molecule has 0 saturated heterocycles. The second kappa shape index (κ2) is 10.6. The lowest BCUT2D eigenvalue weighted by Crippen LogP contribution is -1.94. The summed E-state index contributed by atoms with van der Waals surface area (Å²) in [6.45, 7) is 4.97. The molecule has 28 heavy (non-hydrogen) atoms. The van der Waals surface area contributed by atoms with Gasteiger partial charge in [-0.1, -0.05) is 44.2 Å². The number of rotatable bonds is 10. The summed E-state index contributed by atoms with van der Waals surface area (Å²) in [7, 11) is 0. The van der Waals surface area contributed by atoms with Crippen molar-refractivity contribution in [1.82, 2.24) is 10.2 Å². The Morgan fingerprint density at radius 2 is 1.64 bits per heavy atom. The van der Waals surface area contributed by atoms with E-state index in [9.17, 15) is 0 Å². The van der Waals surface area contributed by atoms with E-state index in [-0.39, 0.29) is 5.25 Å². The molecule has 146 valence electrons. The average molecular weight is 397 g/mol. The molecule has 0 aliphatic heterocycles. The first-order valence-electron chi connectivity index (χ1n) is 9.46. The van der Waals surface area contributed by atoms with Crippen LogP contribution in [0.1, 0.15) is 43.9 Å². The molecule has 0 N–H and O–H groups in total. The maximum Gasteiger partial charge on any atom is 0.276 e. The van der Waals surface area contributed by atoms with Crippen molar-refractivity contribution in [3.8, 4) is 5.75 Å². The van der Waals surface area contributed by atoms with Crippen molar-refractivity contribution in [3.05, 3.63) is 60.5 Å². The van der Waals surface area contributed by atoms with Crippen LogP contribution in [0.2, 0.25) is 0 Å². The van der Waals surface area contributed by atoms with Crippen molar-refractivity contribution in [2.75, 3.05) is 6.61 Å². The minimum Gasteiger partial charge on any atom is -0.494 e. The third-order valence-electron chi connectivity index (χ3n) is 3.99. The fourth-order valence-electron chi connectivity index (χ4n) is 2.59. The second-order valence-electron chi connectivity index (χ2n) is 6.23. The van der Waals surface area contributed by atoms with E-state index in [4.69, 9.17) is 9.15 Å². The fraction of sp³-hybridized carbons (Fsp3) is 0.333. The third kappa shape index (κ3) is 5.92. The molecule has 1 heterocycles. The second-order valence-corrected chi connectivity index (χ2v) is 7.39. The van der Waals surface area contributed by atoms with Crippen LogP contribution in [0.5, 0.6) is 5.75 Å². The molecule has 0 amide bonds. The Hall–Kier alpha value is -2.67. The highest BCUT2D eigenvalue weighted by Gasteiger charge is 2.15. The van der Waals surface area contributed by atoms with E-state index in [0.29, 0.717) is 5.22 Å². The average Bonchev–Trinajstić information content (AvgIpc) is 3.25. The Balaban J connectivity index is 1.63. The van der Waals surface area contributed by atoms with E-state index in [1.165, 1.54) is 12.0 Å². The van der Waals surface area contributed by atoms with Crippen molar-refractivity contribution < 1.29 is 9.15 Å². The van der Waals surface area contributed by atoms with Crippen molar-refractivity contribution in [3.63, 3.8) is 0 Å². The van der Waals surface area contributed by atoms with Gasteiger partial charge in [0.2, 0.25) is 6.39 Å². The molecule has 3 rings (SSSR count). The van der Waals surface area contributed by atoms with E-state index in [0.717, 1.165) is 43.0 Å². The zero-order chi connectivity index (χ0) is 19.6. The van der Waals surface area contributed by atoms with Gasteiger partial charge in [0.05, 0.1) is 18.0 Å². The summed E-state index contributed by atoms with van der Waals surface area (Å²) in [5.74, 6) is 0.853. The number of hydrogen-bond acceptors (Lipinski definition) is 7. The minimum absolute atomic E-state index is 0.270. The van der Waals surface area contributed by atoms with Gasteiger partial charge in [-0.3, -0.25) is 0 Å². The summed E-state index contributed by atoms with van der Waals surface area (Å²) >= 11 is 1.59. The Labute approximate surface area is 169 Å². The van der Waals surface area contributed by atoms with Crippen LogP contribution in [0.4, 0.5) is 11.4 Å². The summed E-state index contributed by atoms with van der Waals surface area (Å²) in [6.07, 6.45) is 4.45. The van der Waals surface area contributed by atoms with Gasteiger partial charge < -0.3 is 9.15 Å². The highest BCUT2D eigenvalue weighted by molar-refractivity contribution is 7.99. The summed E-state index contributed by atoms with van der Waals surface area (Å²) in [5, 5.41) is 17.2. The summed E-state index contributed by atoms with van der Waals surface area (Å²) < 4.78 is 10.8. The van der Waals surface area contributed by atoms with Gasteiger partial charge in [-0.15, -0.1) is 10.2 Å². The number of ether oxygens (including phenoxy) is 1. The van der Waals surface area contributed by atoms with Crippen molar-refractivity contribution in [2.24, 2.45) is 10.2 Å². The molecule has 2 aromatic carbocycles. The molecular formula is C21H24N4O2S. The molecule has 0 saturated carbocycles. The van der Waals surface area contributed by atoms with E-state index >= 15 is 0 Å². The zero-order valence-corrected chi connectivity index (χ0v) is 16.9. The first-order valence-corrected chi connectivity index (χ1v) is 10.3. The van der Waals surface area contributed by atoms with Crippen LogP contribution in [0.25, 0.3) is 0 Å². The molecule has 7 heteroatoms. The Bertz CT molecular complexity index is 849. The largest absolute Gasteiger partial charge is 0.494 e. The van der Waals surface area contributed by atoms with Crippen LogP contribution in [-0.2, 0) is 0 Å². The highest BCUT2D eigenvalue weighted by atomic mass is 32.2. The third-order valence-corrected chi connectivity index (χ3v) is 5.16. The Morgan fingerprint density at radius 1 is 0.964 bits per heavy atom. The van der Waals surface area contributed by atoms with Gasteiger partial charge >= 0.3 is 0 Å². The predicted molar refractivity (Wildman–Crippen MR) is 111 cm³/mol. The van der Waals surface area contributed by atoms with Crippen molar-refractivity contribution in [2.45, 2.75) is 43.6 Å². The number of benzene rings is 2. The molecule has 3 aromatic rings. The summed E-state index contributed by atoms with van der Waals surface area (Å²) in [5.41, 5.74) is 2.82. The molecule has 1 aromatic heterocycles.